The average molecular weight is 239 g/mol. The van der Waals surface area contributed by atoms with Gasteiger partial charge in [0.2, 0.25) is 5.91 Å². The number of hydrogen-bond donors (Lipinski definition) is 4. The van der Waals surface area contributed by atoms with Crippen molar-refractivity contribution in [1.82, 2.24) is 10.3 Å². The molecule has 7 nitrogen and oxygen atoms in total. The maximum atomic E-state index is 11.5. The summed E-state index contributed by atoms with van der Waals surface area (Å²) < 4.78 is 0. The number of aliphatic hydroxyl groups is 1. The normalized spacial score (nSPS) is 11.9. The molecule has 0 aromatic carbocycles. The lowest BCUT2D eigenvalue weighted by atomic mass is 10.2. The molecule has 0 aliphatic rings. The minimum absolute atomic E-state index is 0.169. The first-order valence-electron chi connectivity index (χ1n) is 4.86. The first kappa shape index (κ1) is 12.9. The predicted octanol–water partition coefficient (Wildman–Crippen LogP) is -1.21. The lowest BCUT2D eigenvalue weighted by Crippen LogP contribution is -2.40. The Bertz CT molecular complexity index is 452. The van der Waals surface area contributed by atoms with E-state index in [1.165, 1.54) is 19.2 Å². The molecule has 1 rings (SSSR count). The van der Waals surface area contributed by atoms with Crippen LogP contribution in [0, 0.1) is 0 Å². The van der Waals surface area contributed by atoms with Crippen LogP contribution in [0.3, 0.4) is 0 Å². The van der Waals surface area contributed by atoms with E-state index in [4.69, 9.17) is 10.8 Å². The van der Waals surface area contributed by atoms with E-state index in [1.807, 2.05) is 0 Å². The van der Waals surface area contributed by atoms with Crippen molar-refractivity contribution in [2.45, 2.75) is 13.0 Å². The Kier molecular flexibility index (Phi) is 4.00. The van der Waals surface area contributed by atoms with Crippen LogP contribution in [0.2, 0.25) is 0 Å². The fourth-order valence-electron chi connectivity index (χ4n) is 1.11. The van der Waals surface area contributed by atoms with Crippen molar-refractivity contribution in [1.29, 1.82) is 0 Å². The molecule has 17 heavy (non-hydrogen) atoms. The van der Waals surface area contributed by atoms with Crippen LogP contribution in [-0.4, -0.2) is 40.3 Å². The quantitative estimate of drug-likeness (QED) is 0.481. The first-order valence-corrected chi connectivity index (χ1v) is 4.86. The summed E-state index contributed by atoms with van der Waals surface area (Å²) in [6.07, 6.45) is -0.0249. The Morgan fingerprint density at radius 3 is 2.65 bits per heavy atom. The van der Waals surface area contributed by atoms with Gasteiger partial charge < -0.3 is 21.1 Å². The van der Waals surface area contributed by atoms with Crippen molar-refractivity contribution in [2.75, 3.05) is 6.54 Å². The number of H-pyrrole nitrogens is 1. The van der Waals surface area contributed by atoms with Crippen molar-refractivity contribution in [3.63, 3.8) is 0 Å². The molecule has 0 aliphatic heterocycles. The zero-order valence-corrected chi connectivity index (χ0v) is 9.19. The predicted molar refractivity (Wildman–Crippen MR) is 58.3 cm³/mol. The molecule has 1 heterocycles. The SMILES string of the molecule is CC(=O)c1c[nH]c(C(=O)NCC(O)C(N)=O)c1. The number of aromatic nitrogens is 1. The Labute approximate surface area is 97.0 Å². The second-order valence-electron chi connectivity index (χ2n) is 3.49. The summed E-state index contributed by atoms with van der Waals surface area (Å²) in [5.41, 5.74) is 5.37. The van der Waals surface area contributed by atoms with Gasteiger partial charge in [0, 0.05) is 11.8 Å². The third kappa shape index (κ3) is 3.42. The van der Waals surface area contributed by atoms with Crippen LogP contribution in [0.4, 0.5) is 0 Å². The molecule has 0 saturated carbocycles. The van der Waals surface area contributed by atoms with Crippen molar-refractivity contribution < 1.29 is 19.5 Å². The number of nitrogens with two attached hydrogens (primary N) is 1. The molecule has 7 heteroatoms. The molecule has 92 valence electrons. The third-order valence-corrected chi connectivity index (χ3v) is 2.12. The Morgan fingerprint density at radius 1 is 1.53 bits per heavy atom. The van der Waals surface area contributed by atoms with E-state index in [1.54, 1.807) is 0 Å². The van der Waals surface area contributed by atoms with Crippen LogP contribution in [-0.2, 0) is 4.79 Å². The lowest BCUT2D eigenvalue weighted by Gasteiger charge is -2.07. The molecule has 0 fully saturated rings. The van der Waals surface area contributed by atoms with E-state index in [0.29, 0.717) is 5.56 Å². The van der Waals surface area contributed by atoms with Gasteiger partial charge in [-0.1, -0.05) is 0 Å². The molecule has 0 bridgehead atoms. The molecule has 5 N–H and O–H groups in total. The zero-order valence-electron chi connectivity index (χ0n) is 9.19. The van der Waals surface area contributed by atoms with Gasteiger partial charge in [-0.15, -0.1) is 0 Å². The topological polar surface area (TPSA) is 125 Å². The van der Waals surface area contributed by atoms with Gasteiger partial charge in [0.15, 0.2) is 5.78 Å². The van der Waals surface area contributed by atoms with Crippen molar-refractivity contribution in [3.05, 3.63) is 23.5 Å². The molecule has 1 atom stereocenters. The van der Waals surface area contributed by atoms with Crippen LogP contribution in [0.1, 0.15) is 27.8 Å². The Morgan fingerprint density at radius 2 is 2.18 bits per heavy atom. The van der Waals surface area contributed by atoms with Gasteiger partial charge in [-0.05, 0) is 13.0 Å². The molecule has 1 aromatic heterocycles. The van der Waals surface area contributed by atoms with Gasteiger partial charge in [0.1, 0.15) is 11.8 Å². The van der Waals surface area contributed by atoms with Crippen molar-refractivity contribution in [3.8, 4) is 0 Å². The highest BCUT2D eigenvalue weighted by Gasteiger charge is 2.14. The minimum atomic E-state index is -1.43. The second-order valence-corrected chi connectivity index (χ2v) is 3.49. The summed E-state index contributed by atoms with van der Waals surface area (Å²) in [6.45, 7) is 1.10. The number of carbonyl (C=O) groups is 3. The van der Waals surface area contributed by atoms with Gasteiger partial charge >= 0.3 is 0 Å². The van der Waals surface area contributed by atoms with Gasteiger partial charge in [0.05, 0.1) is 6.54 Å². The number of aromatic amines is 1. The summed E-state index contributed by atoms with van der Waals surface area (Å²) in [5.74, 6) is -1.61. The monoisotopic (exact) mass is 239 g/mol. The van der Waals surface area contributed by atoms with Gasteiger partial charge in [-0.25, -0.2) is 0 Å². The first-order chi connectivity index (χ1) is 7.91. The lowest BCUT2D eigenvalue weighted by molar-refractivity contribution is -0.125. The van der Waals surface area contributed by atoms with Gasteiger partial charge in [0.25, 0.3) is 5.91 Å². The van der Waals surface area contributed by atoms with Crippen LogP contribution in [0.15, 0.2) is 12.3 Å². The number of rotatable bonds is 5. The number of carbonyl (C=O) groups excluding carboxylic acids is 3. The zero-order chi connectivity index (χ0) is 13.0. The number of hydrogen-bond acceptors (Lipinski definition) is 4. The smallest absolute Gasteiger partial charge is 0.267 e. The number of primary amides is 1. The van der Waals surface area contributed by atoms with Crippen LogP contribution < -0.4 is 11.1 Å². The van der Waals surface area contributed by atoms with Crippen molar-refractivity contribution in [2.24, 2.45) is 5.73 Å². The highest BCUT2D eigenvalue weighted by molar-refractivity contribution is 5.99. The summed E-state index contributed by atoms with van der Waals surface area (Å²) >= 11 is 0. The summed E-state index contributed by atoms with van der Waals surface area (Å²) in [7, 11) is 0. The molecule has 0 saturated heterocycles. The molecule has 2 amide bonds. The standard InChI is InChI=1S/C10H13N3O4/c1-5(14)6-2-7(12-3-6)10(17)13-4-8(15)9(11)16/h2-3,8,12,15H,4H2,1H3,(H2,11,16)(H,13,17). The summed E-state index contributed by atoms with van der Waals surface area (Å²) in [4.78, 5) is 35.6. The molecule has 0 radical (unpaired) electrons. The molecule has 0 spiro atoms. The molecule has 1 aromatic rings. The minimum Gasteiger partial charge on any atom is -0.381 e. The highest BCUT2D eigenvalue weighted by Crippen LogP contribution is 2.04. The molecular formula is C10H13N3O4. The van der Waals surface area contributed by atoms with E-state index in [-0.39, 0.29) is 18.0 Å². The van der Waals surface area contributed by atoms with Gasteiger partial charge in [-0.2, -0.15) is 0 Å². The fourth-order valence-corrected chi connectivity index (χ4v) is 1.11. The molecular weight excluding hydrogens is 226 g/mol. The third-order valence-electron chi connectivity index (χ3n) is 2.12. The maximum Gasteiger partial charge on any atom is 0.267 e. The summed E-state index contributed by atoms with van der Waals surface area (Å²) in [5, 5.41) is 11.4. The largest absolute Gasteiger partial charge is 0.381 e. The maximum absolute atomic E-state index is 11.5. The Hall–Kier alpha value is -2.15. The van der Waals surface area contributed by atoms with Crippen molar-refractivity contribution >= 4 is 17.6 Å². The number of Topliss-reactive ketones (excluding diaryl/α,β-unsaturated/α-hetero) is 1. The second kappa shape index (κ2) is 5.26. The average Bonchev–Trinajstić information content (AvgIpc) is 2.74. The summed E-state index contributed by atoms with van der Waals surface area (Å²) in [6, 6.07) is 1.38. The number of amides is 2. The van der Waals surface area contributed by atoms with E-state index in [9.17, 15) is 14.4 Å². The number of aliphatic hydroxyl groups excluding tert-OH is 1. The van der Waals surface area contributed by atoms with Crippen LogP contribution in [0.25, 0.3) is 0 Å². The number of ketones is 1. The fraction of sp³-hybridized carbons (Fsp3) is 0.300. The molecule has 0 aliphatic carbocycles. The highest BCUT2D eigenvalue weighted by atomic mass is 16.3. The van der Waals surface area contributed by atoms with Crippen LogP contribution in [0.5, 0.6) is 0 Å². The van der Waals surface area contributed by atoms with E-state index in [2.05, 4.69) is 10.3 Å². The van der Waals surface area contributed by atoms with E-state index >= 15 is 0 Å². The number of nitrogens with one attached hydrogen (secondary N) is 2. The van der Waals surface area contributed by atoms with Crippen LogP contribution >= 0.6 is 0 Å². The van der Waals surface area contributed by atoms with E-state index < -0.39 is 17.9 Å². The molecule has 1 unspecified atom stereocenters. The van der Waals surface area contributed by atoms with Gasteiger partial charge in [-0.3, -0.25) is 14.4 Å². The van der Waals surface area contributed by atoms with E-state index in [0.717, 1.165) is 0 Å². The Balaban J connectivity index is 2.58.